The number of hydrogen-bond donors (Lipinski definition) is 0. The van der Waals surface area contributed by atoms with Gasteiger partial charge in [0.05, 0.1) is 13.3 Å². The molecule has 0 aliphatic heterocycles. The Balaban J connectivity index is 1.70. The molecule has 3 aromatic rings. The Hall–Kier alpha value is -3.15. The molecule has 0 N–H and O–H groups in total. The average molecular weight is 322 g/mol. The van der Waals surface area contributed by atoms with Crippen molar-refractivity contribution in [3.63, 3.8) is 0 Å². The van der Waals surface area contributed by atoms with Crippen molar-refractivity contribution in [2.24, 2.45) is 5.10 Å². The van der Waals surface area contributed by atoms with Gasteiger partial charge in [-0.25, -0.2) is 4.68 Å². The van der Waals surface area contributed by atoms with Crippen LogP contribution in [0.5, 0.6) is 11.5 Å². The van der Waals surface area contributed by atoms with Crippen LogP contribution >= 0.6 is 0 Å². The van der Waals surface area contributed by atoms with Gasteiger partial charge in [0.2, 0.25) is 0 Å². The lowest BCUT2D eigenvalue weighted by atomic mass is 10.2. The van der Waals surface area contributed by atoms with Crippen LogP contribution in [0.25, 0.3) is 0 Å². The number of aryl methyl sites for hydroxylation is 1. The van der Waals surface area contributed by atoms with Crippen molar-refractivity contribution in [1.29, 1.82) is 0 Å². The van der Waals surface area contributed by atoms with Crippen molar-refractivity contribution in [3.05, 3.63) is 71.8 Å². The second kappa shape index (κ2) is 7.41. The first-order chi connectivity index (χ1) is 11.7. The Morgan fingerprint density at radius 3 is 2.50 bits per heavy atom. The first-order valence-electron chi connectivity index (χ1n) is 7.50. The van der Waals surface area contributed by atoms with Crippen molar-refractivity contribution in [2.45, 2.75) is 13.5 Å². The van der Waals surface area contributed by atoms with Crippen molar-refractivity contribution in [3.8, 4) is 11.5 Å². The van der Waals surface area contributed by atoms with Gasteiger partial charge in [-0.3, -0.25) is 0 Å². The summed E-state index contributed by atoms with van der Waals surface area (Å²) < 4.78 is 12.8. The minimum atomic E-state index is 0.491. The van der Waals surface area contributed by atoms with Gasteiger partial charge in [0.15, 0.2) is 11.5 Å². The molecule has 0 atom stereocenters. The lowest BCUT2D eigenvalue weighted by Gasteiger charge is -2.11. The molecule has 3 rings (SSSR count). The molecule has 0 fully saturated rings. The lowest BCUT2D eigenvalue weighted by Crippen LogP contribution is -1.98. The van der Waals surface area contributed by atoms with Crippen molar-refractivity contribution >= 4 is 6.21 Å². The zero-order chi connectivity index (χ0) is 16.8. The van der Waals surface area contributed by atoms with Crippen molar-refractivity contribution in [2.75, 3.05) is 7.11 Å². The highest BCUT2D eigenvalue weighted by atomic mass is 16.5. The smallest absolute Gasteiger partial charge is 0.161 e. The largest absolute Gasteiger partial charge is 0.493 e. The van der Waals surface area contributed by atoms with Crippen molar-refractivity contribution in [1.82, 2.24) is 14.9 Å². The van der Waals surface area contributed by atoms with Crippen LogP contribution in [0.2, 0.25) is 0 Å². The van der Waals surface area contributed by atoms with Crippen LogP contribution in [-0.4, -0.2) is 28.2 Å². The van der Waals surface area contributed by atoms with E-state index in [1.165, 1.54) is 22.9 Å². The fourth-order valence-corrected chi connectivity index (χ4v) is 2.12. The zero-order valence-electron chi connectivity index (χ0n) is 13.6. The van der Waals surface area contributed by atoms with Crippen molar-refractivity contribution < 1.29 is 9.47 Å². The van der Waals surface area contributed by atoms with Gasteiger partial charge in [0, 0.05) is 0 Å². The highest BCUT2D eigenvalue weighted by Crippen LogP contribution is 2.28. The molecule has 0 saturated heterocycles. The molecule has 6 heteroatoms. The van der Waals surface area contributed by atoms with E-state index < -0.39 is 0 Å². The molecule has 0 radical (unpaired) electrons. The summed E-state index contributed by atoms with van der Waals surface area (Å²) in [7, 11) is 1.62. The van der Waals surface area contributed by atoms with E-state index in [0.717, 1.165) is 11.1 Å². The van der Waals surface area contributed by atoms with Crippen LogP contribution in [-0.2, 0) is 6.61 Å². The number of aromatic nitrogens is 3. The monoisotopic (exact) mass is 322 g/mol. The van der Waals surface area contributed by atoms with Crippen LogP contribution in [0.3, 0.4) is 0 Å². The molecule has 6 nitrogen and oxygen atoms in total. The molecule has 122 valence electrons. The molecular formula is C18H18N4O2. The van der Waals surface area contributed by atoms with Gasteiger partial charge in [0.25, 0.3) is 0 Å². The van der Waals surface area contributed by atoms with Gasteiger partial charge in [-0.2, -0.15) is 5.10 Å². The molecule has 0 bridgehead atoms. The third-order valence-corrected chi connectivity index (χ3v) is 3.45. The Morgan fingerprint density at radius 2 is 1.79 bits per heavy atom. The van der Waals surface area contributed by atoms with E-state index in [1.54, 1.807) is 13.3 Å². The normalized spacial score (nSPS) is 10.9. The van der Waals surface area contributed by atoms with Gasteiger partial charge >= 0.3 is 0 Å². The van der Waals surface area contributed by atoms with Gasteiger partial charge in [-0.1, -0.05) is 29.8 Å². The van der Waals surface area contributed by atoms with E-state index in [4.69, 9.17) is 9.47 Å². The molecule has 24 heavy (non-hydrogen) atoms. The molecule has 0 saturated carbocycles. The van der Waals surface area contributed by atoms with Crippen LogP contribution < -0.4 is 9.47 Å². The van der Waals surface area contributed by atoms with Crippen LogP contribution in [0.15, 0.2) is 60.2 Å². The molecule has 0 unspecified atom stereocenters. The summed E-state index contributed by atoms with van der Waals surface area (Å²) >= 11 is 0. The number of rotatable bonds is 6. The maximum Gasteiger partial charge on any atom is 0.161 e. The quantitative estimate of drug-likeness (QED) is 0.654. The highest BCUT2D eigenvalue weighted by molar-refractivity contribution is 5.80. The maximum absolute atomic E-state index is 5.86. The second-order valence-corrected chi connectivity index (χ2v) is 5.27. The minimum Gasteiger partial charge on any atom is -0.493 e. The van der Waals surface area contributed by atoms with Crippen LogP contribution in [0, 0.1) is 6.92 Å². The molecular weight excluding hydrogens is 304 g/mol. The fourth-order valence-electron chi connectivity index (χ4n) is 2.12. The first kappa shape index (κ1) is 15.7. The minimum absolute atomic E-state index is 0.491. The Morgan fingerprint density at radius 1 is 1.04 bits per heavy atom. The molecule has 0 amide bonds. The predicted molar refractivity (Wildman–Crippen MR) is 91.5 cm³/mol. The van der Waals surface area contributed by atoms with Crippen LogP contribution in [0.4, 0.5) is 0 Å². The third-order valence-electron chi connectivity index (χ3n) is 3.45. The van der Waals surface area contributed by atoms with Gasteiger partial charge in [-0.05, 0) is 36.2 Å². The van der Waals surface area contributed by atoms with E-state index in [2.05, 4.69) is 46.5 Å². The summed E-state index contributed by atoms with van der Waals surface area (Å²) in [4.78, 5) is 0. The first-order valence-corrected chi connectivity index (χ1v) is 7.50. The SMILES string of the molecule is COc1cc(/C=N\n2cnnc2)ccc1OCc1ccc(C)cc1. The topological polar surface area (TPSA) is 61.5 Å². The molecule has 0 aliphatic rings. The third kappa shape index (κ3) is 3.98. The second-order valence-electron chi connectivity index (χ2n) is 5.27. The Labute approximate surface area is 140 Å². The van der Waals surface area contributed by atoms with Gasteiger partial charge < -0.3 is 9.47 Å². The fraction of sp³-hybridized carbons (Fsp3) is 0.167. The predicted octanol–water partition coefficient (Wildman–Crippen LogP) is 3.06. The summed E-state index contributed by atoms with van der Waals surface area (Å²) in [5, 5.41) is 11.6. The Kier molecular flexibility index (Phi) is 4.86. The number of methoxy groups -OCH3 is 1. The van der Waals surface area contributed by atoms with E-state index in [-0.39, 0.29) is 0 Å². The maximum atomic E-state index is 5.86. The summed E-state index contributed by atoms with van der Waals surface area (Å²) in [5.41, 5.74) is 3.23. The van der Waals surface area contributed by atoms with Gasteiger partial charge in [0.1, 0.15) is 19.3 Å². The molecule has 0 aliphatic carbocycles. The summed E-state index contributed by atoms with van der Waals surface area (Å²) in [5.74, 6) is 1.36. The molecule has 2 aromatic carbocycles. The molecule has 1 aromatic heterocycles. The average Bonchev–Trinajstić information content (AvgIpc) is 3.13. The number of benzene rings is 2. The highest BCUT2D eigenvalue weighted by Gasteiger charge is 2.05. The van der Waals surface area contributed by atoms with Crippen LogP contribution in [0.1, 0.15) is 16.7 Å². The molecule has 1 heterocycles. The summed E-state index contributed by atoms with van der Waals surface area (Å²) in [6.07, 6.45) is 4.75. The number of hydrogen-bond acceptors (Lipinski definition) is 5. The number of ether oxygens (including phenoxy) is 2. The molecule has 0 spiro atoms. The number of nitrogens with zero attached hydrogens (tertiary/aromatic N) is 4. The van der Waals surface area contributed by atoms with E-state index >= 15 is 0 Å². The lowest BCUT2D eigenvalue weighted by molar-refractivity contribution is 0.284. The Bertz CT molecular complexity index is 812. The summed E-state index contributed by atoms with van der Waals surface area (Å²) in [6.45, 7) is 2.55. The zero-order valence-corrected chi connectivity index (χ0v) is 13.6. The summed E-state index contributed by atoms with van der Waals surface area (Å²) in [6, 6.07) is 13.9. The standard InChI is InChI=1S/C18H18N4O2/c1-14-3-5-15(6-4-14)11-24-17-8-7-16(9-18(17)23-2)10-21-22-12-19-20-13-22/h3-10,12-13H,11H2,1-2H3/b21-10-. The van der Waals surface area contributed by atoms with E-state index in [0.29, 0.717) is 18.1 Å². The van der Waals surface area contributed by atoms with Gasteiger partial charge in [-0.15, -0.1) is 10.2 Å². The van der Waals surface area contributed by atoms with E-state index in [9.17, 15) is 0 Å². The van der Waals surface area contributed by atoms with E-state index in [1.807, 2.05) is 18.2 Å².